The van der Waals surface area contributed by atoms with Gasteiger partial charge >= 0.3 is 5.97 Å². The Labute approximate surface area is 170 Å². The lowest BCUT2D eigenvalue weighted by atomic mass is 10.1. The normalized spacial score (nSPS) is 11.8. The van der Waals surface area contributed by atoms with Gasteiger partial charge in [-0.15, -0.1) is 11.3 Å². The van der Waals surface area contributed by atoms with Crippen molar-refractivity contribution < 1.29 is 19.2 Å². The van der Waals surface area contributed by atoms with Crippen LogP contribution in [0.3, 0.4) is 0 Å². The van der Waals surface area contributed by atoms with Gasteiger partial charge < -0.3 is 9.64 Å². The first-order valence-electron chi connectivity index (χ1n) is 8.86. The average Bonchev–Trinajstić information content (AvgIpc) is 3.15. The average molecular weight is 413 g/mol. The fraction of sp³-hybridized carbons (Fsp3) is 0.250. The summed E-state index contributed by atoms with van der Waals surface area (Å²) in [6.45, 7) is 1.41. The number of benzene rings is 2. The number of ether oxygens (including phenoxy) is 1. The molecule has 3 rings (SSSR count). The largest absolute Gasteiger partial charge is 0.455 e. The standard InChI is InChI=1S/C20H19N3O5S/c1-13(20-21-15-8-4-6-10-17(15)29-20)22(2)18(24)12-28-19(25)11-14-7-3-5-9-16(14)23(26)27/h3-10,13H,11-12H2,1-2H3/t13-/m0/s1. The Hall–Kier alpha value is -3.33. The SMILES string of the molecule is C[C@@H](c1nc2ccccc2s1)N(C)C(=O)COC(=O)Cc1ccccc1[N+](=O)[O-]. The van der Waals surface area contributed by atoms with Crippen LogP contribution in [0.2, 0.25) is 0 Å². The number of nitro benzene ring substituents is 1. The summed E-state index contributed by atoms with van der Waals surface area (Å²) in [5.74, 6) is -1.08. The summed E-state index contributed by atoms with van der Waals surface area (Å²) in [5.41, 5.74) is 0.958. The second-order valence-corrected chi connectivity index (χ2v) is 7.49. The van der Waals surface area contributed by atoms with E-state index in [-0.39, 0.29) is 29.6 Å². The van der Waals surface area contributed by atoms with Crippen LogP contribution in [0.4, 0.5) is 5.69 Å². The molecule has 150 valence electrons. The van der Waals surface area contributed by atoms with E-state index in [1.807, 2.05) is 31.2 Å². The van der Waals surface area contributed by atoms with Gasteiger partial charge in [-0.25, -0.2) is 4.98 Å². The minimum atomic E-state index is -0.700. The van der Waals surface area contributed by atoms with Crippen LogP contribution in [-0.2, 0) is 20.7 Å². The fourth-order valence-electron chi connectivity index (χ4n) is 2.74. The van der Waals surface area contributed by atoms with Gasteiger partial charge in [-0.2, -0.15) is 0 Å². The molecule has 0 radical (unpaired) electrons. The van der Waals surface area contributed by atoms with Crippen molar-refractivity contribution in [1.82, 2.24) is 9.88 Å². The summed E-state index contributed by atoms with van der Waals surface area (Å²) >= 11 is 1.50. The van der Waals surface area contributed by atoms with E-state index in [0.29, 0.717) is 0 Å². The zero-order valence-electron chi connectivity index (χ0n) is 15.9. The first-order valence-corrected chi connectivity index (χ1v) is 9.67. The van der Waals surface area contributed by atoms with Crippen LogP contribution in [0.25, 0.3) is 10.2 Å². The van der Waals surface area contributed by atoms with Crippen molar-refractivity contribution in [3.63, 3.8) is 0 Å². The molecule has 0 bridgehead atoms. The van der Waals surface area contributed by atoms with E-state index in [0.717, 1.165) is 15.2 Å². The fourth-order valence-corrected chi connectivity index (χ4v) is 3.80. The van der Waals surface area contributed by atoms with Crippen molar-refractivity contribution in [1.29, 1.82) is 0 Å². The van der Waals surface area contributed by atoms with Crippen LogP contribution >= 0.6 is 11.3 Å². The quantitative estimate of drug-likeness (QED) is 0.334. The summed E-state index contributed by atoms with van der Waals surface area (Å²) in [5, 5.41) is 11.8. The number of amides is 1. The van der Waals surface area contributed by atoms with E-state index in [4.69, 9.17) is 4.74 Å². The maximum Gasteiger partial charge on any atom is 0.311 e. The van der Waals surface area contributed by atoms with E-state index < -0.39 is 17.5 Å². The molecule has 0 unspecified atom stereocenters. The molecule has 0 saturated heterocycles. The summed E-state index contributed by atoms with van der Waals surface area (Å²) < 4.78 is 6.07. The number of carbonyl (C=O) groups excluding carboxylic acids is 2. The van der Waals surface area contributed by atoms with Gasteiger partial charge in [0.15, 0.2) is 6.61 Å². The molecule has 1 amide bonds. The van der Waals surface area contributed by atoms with Gasteiger partial charge in [-0.05, 0) is 19.1 Å². The van der Waals surface area contributed by atoms with Gasteiger partial charge in [0.2, 0.25) is 0 Å². The smallest absolute Gasteiger partial charge is 0.311 e. The van der Waals surface area contributed by atoms with Gasteiger partial charge in [0.25, 0.3) is 11.6 Å². The second-order valence-electron chi connectivity index (χ2n) is 6.42. The van der Waals surface area contributed by atoms with Crippen molar-refractivity contribution in [2.24, 2.45) is 0 Å². The molecule has 1 atom stereocenters. The molecule has 0 aliphatic carbocycles. The van der Waals surface area contributed by atoms with E-state index >= 15 is 0 Å². The van der Waals surface area contributed by atoms with Crippen LogP contribution in [0, 0.1) is 10.1 Å². The Morgan fingerprint density at radius 3 is 2.62 bits per heavy atom. The molecule has 9 heteroatoms. The summed E-state index contributed by atoms with van der Waals surface area (Å²) in [7, 11) is 1.62. The number of aromatic nitrogens is 1. The van der Waals surface area contributed by atoms with Crippen LogP contribution in [0.1, 0.15) is 23.5 Å². The zero-order chi connectivity index (χ0) is 21.0. The van der Waals surface area contributed by atoms with Gasteiger partial charge in [-0.3, -0.25) is 19.7 Å². The molecule has 29 heavy (non-hydrogen) atoms. The molecule has 0 aliphatic rings. The Morgan fingerprint density at radius 1 is 1.21 bits per heavy atom. The molecule has 0 fully saturated rings. The lowest BCUT2D eigenvalue weighted by Crippen LogP contribution is -2.33. The number of esters is 1. The van der Waals surface area contributed by atoms with Crippen LogP contribution in [0.5, 0.6) is 0 Å². The monoisotopic (exact) mass is 413 g/mol. The maximum absolute atomic E-state index is 12.4. The van der Waals surface area contributed by atoms with Crippen LogP contribution in [0.15, 0.2) is 48.5 Å². The molecule has 0 N–H and O–H groups in total. The highest BCUT2D eigenvalue weighted by atomic mass is 32.1. The van der Waals surface area contributed by atoms with Crippen molar-refractivity contribution >= 4 is 39.1 Å². The number of fused-ring (bicyclic) bond motifs is 1. The van der Waals surface area contributed by atoms with E-state index in [1.165, 1.54) is 34.4 Å². The highest BCUT2D eigenvalue weighted by Gasteiger charge is 2.22. The molecule has 1 heterocycles. The molecule has 8 nitrogen and oxygen atoms in total. The number of thiazole rings is 1. The Kier molecular flexibility index (Phi) is 6.18. The summed E-state index contributed by atoms with van der Waals surface area (Å²) in [4.78, 5) is 40.9. The number of hydrogen-bond donors (Lipinski definition) is 0. The first-order chi connectivity index (χ1) is 13.9. The Balaban J connectivity index is 1.58. The Morgan fingerprint density at radius 2 is 1.90 bits per heavy atom. The molecule has 3 aromatic rings. The van der Waals surface area contributed by atoms with Gasteiger partial charge in [0.1, 0.15) is 5.01 Å². The van der Waals surface area contributed by atoms with Crippen molar-refractivity contribution in [2.45, 2.75) is 19.4 Å². The Bertz CT molecular complexity index is 1030. The lowest BCUT2D eigenvalue weighted by molar-refractivity contribution is -0.385. The number of para-hydroxylation sites is 2. The maximum atomic E-state index is 12.4. The van der Waals surface area contributed by atoms with Crippen LogP contribution in [-0.4, -0.2) is 40.3 Å². The predicted octanol–water partition coefficient (Wildman–Crippen LogP) is 3.51. The minimum Gasteiger partial charge on any atom is -0.455 e. The van der Waals surface area contributed by atoms with Crippen molar-refractivity contribution in [2.75, 3.05) is 13.7 Å². The second kappa shape index (κ2) is 8.78. The number of rotatable bonds is 7. The van der Waals surface area contributed by atoms with E-state index in [9.17, 15) is 19.7 Å². The van der Waals surface area contributed by atoms with Gasteiger partial charge in [0, 0.05) is 18.7 Å². The molecular formula is C20H19N3O5S. The summed E-state index contributed by atoms with van der Waals surface area (Å²) in [6, 6.07) is 13.4. The molecule has 1 aromatic heterocycles. The number of hydrogen-bond acceptors (Lipinski definition) is 7. The minimum absolute atomic E-state index is 0.155. The number of nitrogens with zero attached hydrogens (tertiary/aromatic N) is 3. The predicted molar refractivity (Wildman–Crippen MR) is 109 cm³/mol. The molecule has 0 spiro atoms. The topological polar surface area (TPSA) is 103 Å². The lowest BCUT2D eigenvalue weighted by Gasteiger charge is -2.23. The third kappa shape index (κ3) is 4.75. The first kappa shape index (κ1) is 20.4. The number of nitro groups is 1. The van der Waals surface area contributed by atoms with Gasteiger partial charge in [-0.1, -0.05) is 30.3 Å². The molecule has 0 saturated carbocycles. The highest BCUT2D eigenvalue weighted by molar-refractivity contribution is 7.18. The van der Waals surface area contributed by atoms with Gasteiger partial charge in [0.05, 0.1) is 27.6 Å². The molecule has 0 aliphatic heterocycles. The number of likely N-dealkylation sites (N-methyl/N-ethyl adjacent to an activating group) is 1. The molecular weight excluding hydrogens is 394 g/mol. The third-order valence-corrected chi connectivity index (χ3v) is 5.73. The van der Waals surface area contributed by atoms with E-state index in [2.05, 4.69) is 4.98 Å². The van der Waals surface area contributed by atoms with Crippen molar-refractivity contribution in [3.8, 4) is 0 Å². The highest BCUT2D eigenvalue weighted by Crippen LogP contribution is 2.28. The van der Waals surface area contributed by atoms with Crippen LogP contribution < -0.4 is 0 Å². The van der Waals surface area contributed by atoms with Crippen molar-refractivity contribution in [3.05, 3.63) is 69.2 Å². The number of carbonyl (C=O) groups is 2. The summed E-state index contributed by atoms with van der Waals surface area (Å²) in [6.07, 6.45) is -0.276. The zero-order valence-corrected chi connectivity index (χ0v) is 16.7. The van der Waals surface area contributed by atoms with E-state index in [1.54, 1.807) is 13.1 Å². The third-order valence-electron chi connectivity index (χ3n) is 4.52. The molecule has 2 aromatic carbocycles.